The second kappa shape index (κ2) is 8.56. The molecule has 0 bridgehead atoms. The molecule has 0 radical (unpaired) electrons. The Bertz CT molecular complexity index is 1360. The number of nitrogens with zero attached hydrogens (tertiary/aromatic N) is 2. The monoisotopic (exact) mass is 456 g/mol. The average molecular weight is 457 g/mol. The molecular weight excluding hydrogens is 436 g/mol. The third kappa shape index (κ3) is 4.13. The second-order valence-electron chi connectivity index (χ2n) is 8.03. The normalized spacial score (nSPS) is 14.4. The SMILES string of the molecule is Cc1ccc(C(=O)Nc2ccc(C(=O)C3Nc4ccccc4Cn4ccnc43)cc2)c(Cl)c1. The zero-order chi connectivity index (χ0) is 22.9. The lowest BCUT2D eigenvalue weighted by Crippen LogP contribution is -2.23. The van der Waals surface area contributed by atoms with Gasteiger partial charge in [-0.05, 0) is 60.5 Å². The standard InChI is InChI=1S/C26H21ClN4O2/c1-16-6-11-20(21(27)14-16)26(33)29-19-9-7-17(8-10-19)24(32)23-25-28-12-13-31(25)15-18-4-2-3-5-22(18)30-23/h2-14,23,30H,15H2,1H3,(H,29,33). The number of imidazole rings is 1. The van der Waals surface area contributed by atoms with E-state index in [9.17, 15) is 9.59 Å². The van der Waals surface area contributed by atoms with Crippen LogP contribution in [0.2, 0.25) is 5.02 Å². The van der Waals surface area contributed by atoms with Gasteiger partial charge in [-0.2, -0.15) is 0 Å². The van der Waals surface area contributed by atoms with Crippen molar-refractivity contribution in [3.8, 4) is 0 Å². The van der Waals surface area contributed by atoms with Crippen LogP contribution in [-0.2, 0) is 6.54 Å². The van der Waals surface area contributed by atoms with Gasteiger partial charge in [0.25, 0.3) is 5.91 Å². The first-order valence-corrected chi connectivity index (χ1v) is 10.9. The minimum atomic E-state index is -0.615. The fraction of sp³-hybridized carbons (Fsp3) is 0.115. The fourth-order valence-corrected chi connectivity index (χ4v) is 4.31. The number of amides is 1. The van der Waals surface area contributed by atoms with Crippen LogP contribution in [0.25, 0.3) is 0 Å². The predicted octanol–water partition coefficient (Wildman–Crippen LogP) is 5.50. The molecule has 0 aliphatic carbocycles. The molecular formula is C26H21ClN4O2. The van der Waals surface area contributed by atoms with Crippen molar-refractivity contribution < 1.29 is 9.59 Å². The number of fused-ring (bicyclic) bond motifs is 2. The number of aromatic nitrogens is 2. The Labute approximate surface area is 196 Å². The van der Waals surface area contributed by atoms with Gasteiger partial charge in [-0.15, -0.1) is 0 Å². The van der Waals surface area contributed by atoms with Crippen LogP contribution in [0.3, 0.4) is 0 Å². The van der Waals surface area contributed by atoms with Crippen molar-refractivity contribution in [2.24, 2.45) is 0 Å². The second-order valence-corrected chi connectivity index (χ2v) is 8.43. The smallest absolute Gasteiger partial charge is 0.257 e. The maximum Gasteiger partial charge on any atom is 0.257 e. The molecule has 1 unspecified atom stereocenters. The van der Waals surface area contributed by atoms with Crippen LogP contribution in [-0.4, -0.2) is 21.2 Å². The van der Waals surface area contributed by atoms with E-state index in [1.54, 1.807) is 42.6 Å². The van der Waals surface area contributed by atoms with Crippen molar-refractivity contribution in [1.82, 2.24) is 9.55 Å². The summed E-state index contributed by atoms with van der Waals surface area (Å²) in [6.45, 7) is 2.56. The van der Waals surface area contributed by atoms with Crippen molar-refractivity contribution in [3.05, 3.63) is 112 Å². The van der Waals surface area contributed by atoms with E-state index in [4.69, 9.17) is 11.6 Å². The Balaban J connectivity index is 1.37. The van der Waals surface area contributed by atoms with Crippen molar-refractivity contribution in [1.29, 1.82) is 0 Å². The molecule has 7 heteroatoms. The largest absolute Gasteiger partial charge is 0.369 e. The number of ketones is 1. The van der Waals surface area contributed by atoms with Gasteiger partial charge in [-0.3, -0.25) is 9.59 Å². The highest BCUT2D eigenvalue weighted by Crippen LogP contribution is 2.30. The molecule has 3 aromatic carbocycles. The number of carbonyl (C=O) groups excluding carboxylic acids is 2. The molecule has 6 nitrogen and oxygen atoms in total. The van der Waals surface area contributed by atoms with Crippen molar-refractivity contribution in [3.63, 3.8) is 0 Å². The zero-order valence-corrected chi connectivity index (χ0v) is 18.6. The quantitative estimate of drug-likeness (QED) is 0.398. The van der Waals surface area contributed by atoms with E-state index < -0.39 is 6.04 Å². The van der Waals surface area contributed by atoms with Gasteiger partial charge in [0, 0.05) is 29.3 Å². The van der Waals surface area contributed by atoms with E-state index in [2.05, 4.69) is 15.6 Å². The maximum absolute atomic E-state index is 13.4. The molecule has 1 aliphatic rings. The Morgan fingerprint density at radius 1 is 1.09 bits per heavy atom. The van der Waals surface area contributed by atoms with Gasteiger partial charge in [0.1, 0.15) is 11.9 Å². The van der Waals surface area contributed by atoms with Crippen molar-refractivity contribution in [2.75, 3.05) is 10.6 Å². The Hall–Kier alpha value is -3.90. The van der Waals surface area contributed by atoms with Crippen LogP contribution in [0.15, 0.2) is 79.1 Å². The first-order chi connectivity index (χ1) is 16.0. The molecule has 1 aromatic heterocycles. The van der Waals surface area contributed by atoms with E-state index in [1.165, 1.54) is 0 Å². The summed E-state index contributed by atoms with van der Waals surface area (Å²) in [4.78, 5) is 30.5. The summed E-state index contributed by atoms with van der Waals surface area (Å²) in [5.41, 5.74) is 4.49. The lowest BCUT2D eigenvalue weighted by atomic mass is 10.0. The summed E-state index contributed by atoms with van der Waals surface area (Å²) in [6, 6.07) is 19.4. The molecule has 33 heavy (non-hydrogen) atoms. The summed E-state index contributed by atoms with van der Waals surface area (Å²) in [6.07, 6.45) is 3.59. The molecule has 1 amide bonds. The molecule has 4 aromatic rings. The Morgan fingerprint density at radius 2 is 1.88 bits per heavy atom. The molecule has 0 spiro atoms. The minimum absolute atomic E-state index is 0.0985. The molecule has 2 N–H and O–H groups in total. The van der Waals surface area contributed by atoms with Crippen LogP contribution in [0, 0.1) is 6.92 Å². The number of anilines is 2. The van der Waals surface area contributed by atoms with Gasteiger partial charge >= 0.3 is 0 Å². The number of rotatable bonds is 4. The number of Topliss-reactive ketones (excluding diaryl/α,β-unsaturated/α-hetero) is 1. The molecule has 0 saturated heterocycles. The van der Waals surface area contributed by atoms with Gasteiger partial charge in [0.05, 0.1) is 17.1 Å². The third-order valence-electron chi connectivity index (χ3n) is 5.72. The highest BCUT2D eigenvalue weighted by Gasteiger charge is 2.29. The van der Waals surface area contributed by atoms with Gasteiger partial charge in [0.15, 0.2) is 5.78 Å². The Morgan fingerprint density at radius 3 is 2.67 bits per heavy atom. The maximum atomic E-state index is 13.4. The van der Waals surface area contributed by atoms with Crippen LogP contribution < -0.4 is 10.6 Å². The van der Waals surface area contributed by atoms with Crippen molar-refractivity contribution >= 4 is 34.7 Å². The number of carbonyl (C=O) groups is 2. The molecule has 2 heterocycles. The van der Waals surface area contributed by atoms with Gasteiger partial charge in [0.2, 0.25) is 0 Å². The minimum Gasteiger partial charge on any atom is -0.369 e. The van der Waals surface area contributed by atoms with E-state index in [1.807, 2.05) is 48.0 Å². The molecule has 5 rings (SSSR count). The van der Waals surface area contributed by atoms with Gasteiger partial charge in [-0.25, -0.2) is 4.98 Å². The molecule has 0 fully saturated rings. The van der Waals surface area contributed by atoms with Gasteiger partial charge in [-0.1, -0.05) is 35.9 Å². The molecule has 1 atom stereocenters. The number of halogens is 1. The predicted molar refractivity (Wildman–Crippen MR) is 129 cm³/mol. The van der Waals surface area contributed by atoms with E-state index in [-0.39, 0.29) is 11.7 Å². The van der Waals surface area contributed by atoms with Crippen LogP contribution in [0.1, 0.15) is 43.7 Å². The average Bonchev–Trinajstić information content (AvgIpc) is 3.20. The summed E-state index contributed by atoms with van der Waals surface area (Å²) in [5, 5.41) is 6.59. The number of hydrogen-bond acceptors (Lipinski definition) is 4. The lowest BCUT2D eigenvalue weighted by molar-refractivity contribution is 0.0965. The molecule has 164 valence electrons. The first-order valence-electron chi connectivity index (χ1n) is 10.6. The van der Waals surface area contributed by atoms with Crippen LogP contribution in [0.4, 0.5) is 11.4 Å². The van der Waals surface area contributed by atoms with Crippen LogP contribution in [0.5, 0.6) is 0 Å². The summed E-state index contributed by atoms with van der Waals surface area (Å²) in [5.74, 6) is 0.268. The Kier molecular flexibility index (Phi) is 5.44. The lowest BCUT2D eigenvalue weighted by Gasteiger charge is -2.17. The first kappa shape index (κ1) is 21.0. The number of hydrogen-bond donors (Lipinski definition) is 2. The molecule has 1 aliphatic heterocycles. The number of nitrogens with one attached hydrogen (secondary N) is 2. The summed E-state index contributed by atoms with van der Waals surface area (Å²) < 4.78 is 1.99. The highest BCUT2D eigenvalue weighted by atomic mass is 35.5. The molecule has 0 saturated carbocycles. The van der Waals surface area contributed by atoms with E-state index in [0.29, 0.717) is 34.2 Å². The van der Waals surface area contributed by atoms with Crippen LogP contribution >= 0.6 is 11.6 Å². The van der Waals surface area contributed by atoms with E-state index in [0.717, 1.165) is 16.8 Å². The van der Waals surface area contributed by atoms with Crippen molar-refractivity contribution in [2.45, 2.75) is 19.5 Å². The van der Waals surface area contributed by atoms with Gasteiger partial charge < -0.3 is 15.2 Å². The number of para-hydroxylation sites is 1. The number of benzene rings is 3. The summed E-state index contributed by atoms with van der Waals surface area (Å²) in [7, 11) is 0. The highest BCUT2D eigenvalue weighted by molar-refractivity contribution is 6.34. The third-order valence-corrected chi connectivity index (χ3v) is 6.04. The topological polar surface area (TPSA) is 76.0 Å². The zero-order valence-electron chi connectivity index (χ0n) is 17.9. The van der Waals surface area contributed by atoms with E-state index >= 15 is 0 Å². The summed E-state index contributed by atoms with van der Waals surface area (Å²) >= 11 is 6.20. The number of aryl methyl sites for hydroxylation is 1. The fourth-order valence-electron chi connectivity index (χ4n) is 3.99.